The first kappa shape index (κ1) is 18.6. The number of urea groups is 1. The number of hydrogen-bond acceptors (Lipinski definition) is 4. The topological polar surface area (TPSA) is 70.8 Å². The summed E-state index contributed by atoms with van der Waals surface area (Å²) >= 11 is 0. The molecule has 30 heavy (non-hydrogen) atoms. The van der Waals surface area contributed by atoms with Gasteiger partial charge in [-0.15, -0.1) is 0 Å². The molecule has 5 rings (SSSR count). The molecule has 1 aliphatic carbocycles. The first-order valence-electron chi connectivity index (χ1n) is 10.2. The van der Waals surface area contributed by atoms with Crippen LogP contribution in [0.2, 0.25) is 0 Å². The molecule has 0 radical (unpaired) electrons. The molecule has 2 aliphatic rings. The van der Waals surface area contributed by atoms with Gasteiger partial charge in [-0.25, -0.2) is 9.59 Å². The molecule has 2 heterocycles. The number of fused-ring (bicyclic) bond motifs is 2. The van der Waals surface area contributed by atoms with Crippen molar-refractivity contribution >= 4 is 28.6 Å². The molecule has 152 valence electrons. The predicted molar refractivity (Wildman–Crippen MR) is 114 cm³/mol. The SMILES string of the molecule is Cc1ccc(N2C(=O)N(Cc3cc(=O)oc4cc5c(cc34)CCC5)C(=O)[C@H]2C)cc1. The van der Waals surface area contributed by atoms with Gasteiger partial charge in [0.05, 0.1) is 6.54 Å². The van der Waals surface area contributed by atoms with Crippen molar-refractivity contribution in [3.05, 3.63) is 75.1 Å². The summed E-state index contributed by atoms with van der Waals surface area (Å²) in [6, 6.07) is 11.9. The Balaban J connectivity index is 1.53. The third-order valence-electron chi connectivity index (χ3n) is 6.13. The fraction of sp³-hybridized carbons (Fsp3) is 0.292. The second-order valence-corrected chi connectivity index (χ2v) is 8.15. The summed E-state index contributed by atoms with van der Waals surface area (Å²) in [5, 5.41) is 0.789. The lowest BCUT2D eigenvalue weighted by Crippen LogP contribution is -2.33. The molecule has 0 saturated carbocycles. The average molecular weight is 402 g/mol. The highest BCUT2D eigenvalue weighted by Gasteiger charge is 2.43. The molecule has 0 N–H and O–H groups in total. The van der Waals surface area contributed by atoms with Crippen LogP contribution in [0.25, 0.3) is 11.0 Å². The van der Waals surface area contributed by atoms with Gasteiger partial charge in [0.1, 0.15) is 11.6 Å². The number of carbonyl (C=O) groups excluding carboxylic acids is 2. The number of rotatable bonds is 3. The molecule has 6 nitrogen and oxygen atoms in total. The summed E-state index contributed by atoms with van der Waals surface area (Å²) in [5.41, 5.74) is 4.89. The van der Waals surface area contributed by atoms with Crippen molar-refractivity contribution in [2.24, 2.45) is 0 Å². The van der Waals surface area contributed by atoms with Crippen LogP contribution in [0.1, 0.15) is 35.6 Å². The van der Waals surface area contributed by atoms with Crippen LogP contribution in [-0.2, 0) is 24.2 Å². The highest BCUT2D eigenvalue weighted by atomic mass is 16.4. The molecule has 1 saturated heterocycles. The Morgan fingerprint density at radius 1 is 1.00 bits per heavy atom. The van der Waals surface area contributed by atoms with Gasteiger partial charge in [0.15, 0.2) is 0 Å². The summed E-state index contributed by atoms with van der Waals surface area (Å²) in [6.45, 7) is 3.75. The fourth-order valence-corrected chi connectivity index (χ4v) is 4.51. The predicted octanol–water partition coefficient (Wildman–Crippen LogP) is 3.95. The Kier molecular flexibility index (Phi) is 4.24. The maximum Gasteiger partial charge on any atom is 0.336 e. The number of carbonyl (C=O) groups is 2. The van der Waals surface area contributed by atoms with Gasteiger partial charge < -0.3 is 4.42 Å². The highest BCUT2D eigenvalue weighted by Crippen LogP contribution is 2.31. The van der Waals surface area contributed by atoms with Crippen LogP contribution in [0.3, 0.4) is 0 Å². The van der Waals surface area contributed by atoms with Crippen LogP contribution < -0.4 is 10.5 Å². The smallest absolute Gasteiger partial charge is 0.336 e. The molecule has 3 amide bonds. The first-order valence-corrected chi connectivity index (χ1v) is 10.2. The molecule has 1 fully saturated rings. The highest BCUT2D eigenvalue weighted by molar-refractivity contribution is 6.14. The van der Waals surface area contributed by atoms with Crippen LogP contribution in [0.5, 0.6) is 0 Å². The fourth-order valence-electron chi connectivity index (χ4n) is 4.51. The third kappa shape index (κ3) is 2.91. The number of aryl methyl sites for hydroxylation is 3. The number of nitrogens with zero attached hydrogens (tertiary/aromatic N) is 2. The Hall–Kier alpha value is -3.41. The minimum absolute atomic E-state index is 0.0469. The second-order valence-electron chi connectivity index (χ2n) is 8.15. The summed E-state index contributed by atoms with van der Waals surface area (Å²) in [7, 11) is 0. The standard InChI is InChI=1S/C24H22N2O4/c1-14-6-8-19(9-7-14)26-15(2)23(28)25(24(26)29)13-18-12-22(27)30-21-11-17-5-3-4-16(17)10-20(18)21/h6-12,15H,3-5,13H2,1-2H3/t15-/m1/s1. The molecule has 2 aromatic carbocycles. The zero-order valence-electron chi connectivity index (χ0n) is 17.0. The summed E-state index contributed by atoms with van der Waals surface area (Å²) < 4.78 is 5.41. The Morgan fingerprint density at radius 2 is 1.70 bits per heavy atom. The lowest BCUT2D eigenvalue weighted by atomic mass is 10.0. The van der Waals surface area contributed by atoms with E-state index in [2.05, 4.69) is 0 Å². The van der Waals surface area contributed by atoms with Crippen molar-refractivity contribution in [3.8, 4) is 0 Å². The van der Waals surface area contributed by atoms with Crippen LogP contribution >= 0.6 is 0 Å². The van der Waals surface area contributed by atoms with Gasteiger partial charge >= 0.3 is 11.7 Å². The maximum absolute atomic E-state index is 13.2. The number of anilines is 1. The van der Waals surface area contributed by atoms with Crippen LogP contribution in [0.15, 0.2) is 51.7 Å². The number of imide groups is 1. The van der Waals surface area contributed by atoms with E-state index in [9.17, 15) is 14.4 Å². The van der Waals surface area contributed by atoms with E-state index < -0.39 is 11.7 Å². The maximum atomic E-state index is 13.2. The normalized spacial score (nSPS) is 18.5. The van der Waals surface area contributed by atoms with Crippen LogP contribution in [-0.4, -0.2) is 22.9 Å². The van der Waals surface area contributed by atoms with E-state index in [0.717, 1.165) is 30.2 Å². The number of benzene rings is 2. The van der Waals surface area contributed by atoms with Gasteiger partial charge in [0.25, 0.3) is 5.91 Å². The zero-order valence-corrected chi connectivity index (χ0v) is 17.0. The average Bonchev–Trinajstić information content (AvgIpc) is 3.25. The zero-order chi connectivity index (χ0) is 21.0. The van der Waals surface area contributed by atoms with E-state index in [0.29, 0.717) is 16.8 Å². The minimum Gasteiger partial charge on any atom is -0.423 e. The van der Waals surface area contributed by atoms with E-state index in [1.165, 1.54) is 27.0 Å². The molecule has 3 aromatic rings. The van der Waals surface area contributed by atoms with Crippen LogP contribution in [0.4, 0.5) is 10.5 Å². The molecule has 1 aromatic heterocycles. The summed E-state index contributed by atoms with van der Waals surface area (Å²) in [6.07, 6.45) is 3.05. The summed E-state index contributed by atoms with van der Waals surface area (Å²) in [4.78, 5) is 41.0. The molecule has 1 atom stereocenters. The Labute approximate surface area is 173 Å². The Bertz CT molecular complexity index is 1240. The largest absolute Gasteiger partial charge is 0.423 e. The molecular weight excluding hydrogens is 380 g/mol. The molecule has 0 bridgehead atoms. The van der Waals surface area contributed by atoms with Crippen molar-refractivity contribution in [2.75, 3.05) is 4.90 Å². The monoisotopic (exact) mass is 402 g/mol. The molecular formula is C24H22N2O4. The van der Waals surface area contributed by atoms with E-state index in [1.54, 1.807) is 6.92 Å². The number of amides is 3. The van der Waals surface area contributed by atoms with Gasteiger partial charge in [-0.2, -0.15) is 0 Å². The number of hydrogen-bond donors (Lipinski definition) is 0. The van der Waals surface area contributed by atoms with Crippen molar-refractivity contribution in [2.45, 2.75) is 45.7 Å². The lowest BCUT2D eigenvalue weighted by molar-refractivity contribution is -0.127. The Morgan fingerprint density at radius 3 is 2.43 bits per heavy atom. The van der Waals surface area contributed by atoms with E-state index >= 15 is 0 Å². The quantitative estimate of drug-likeness (QED) is 0.491. The third-order valence-corrected chi connectivity index (χ3v) is 6.13. The van der Waals surface area contributed by atoms with E-state index in [-0.39, 0.29) is 18.5 Å². The van der Waals surface area contributed by atoms with Crippen molar-refractivity contribution in [1.29, 1.82) is 0 Å². The first-order chi connectivity index (χ1) is 14.4. The second kappa shape index (κ2) is 6.83. The molecule has 0 spiro atoms. The van der Waals surface area contributed by atoms with Gasteiger partial charge in [0, 0.05) is 17.1 Å². The van der Waals surface area contributed by atoms with Crippen molar-refractivity contribution < 1.29 is 14.0 Å². The molecule has 0 unspecified atom stereocenters. The van der Waals surface area contributed by atoms with Gasteiger partial charge in [0.2, 0.25) is 0 Å². The van der Waals surface area contributed by atoms with Crippen molar-refractivity contribution in [3.63, 3.8) is 0 Å². The van der Waals surface area contributed by atoms with E-state index in [4.69, 9.17) is 4.42 Å². The van der Waals surface area contributed by atoms with E-state index in [1.807, 2.05) is 43.3 Å². The molecule has 6 heteroatoms. The van der Waals surface area contributed by atoms with Gasteiger partial charge in [-0.05, 0) is 74.1 Å². The lowest BCUT2D eigenvalue weighted by Gasteiger charge is -2.19. The van der Waals surface area contributed by atoms with Crippen molar-refractivity contribution in [1.82, 2.24) is 4.90 Å². The van der Waals surface area contributed by atoms with Gasteiger partial charge in [-0.1, -0.05) is 17.7 Å². The minimum atomic E-state index is -0.601. The van der Waals surface area contributed by atoms with Gasteiger partial charge in [-0.3, -0.25) is 14.6 Å². The summed E-state index contributed by atoms with van der Waals surface area (Å²) in [5.74, 6) is -0.275. The van der Waals surface area contributed by atoms with Crippen LogP contribution in [0, 0.1) is 6.92 Å². The molecule has 1 aliphatic heterocycles.